The molecular formula is C14H18BrNO4. The zero-order valence-corrected chi connectivity index (χ0v) is 12.7. The highest BCUT2D eigenvalue weighted by Gasteiger charge is 2.23. The van der Waals surface area contributed by atoms with Gasteiger partial charge in [0, 0.05) is 31.3 Å². The predicted octanol–water partition coefficient (Wildman–Crippen LogP) is 2.98. The standard InChI is InChI=1S/C14H18BrNO4/c15-7-10-19-11-1-3-12(4-2-11)20-13-5-8-16(9-6-13)14(17)18/h1-4,13H,5-10H2,(H,17,18). The number of halogens is 1. The molecule has 6 heteroatoms. The Kier molecular flexibility index (Phi) is 5.52. The van der Waals surface area contributed by atoms with E-state index < -0.39 is 6.09 Å². The van der Waals surface area contributed by atoms with Gasteiger partial charge < -0.3 is 19.5 Å². The lowest BCUT2D eigenvalue weighted by molar-refractivity contribution is 0.0894. The van der Waals surface area contributed by atoms with Crippen molar-refractivity contribution in [3.8, 4) is 11.5 Å². The number of piperidine rings is 1. The molecule has 0 spiro atoms. The van der Waals surface area contributed by atoms with Crippen molar-refractivity contribution in [2.24, 2.45) is 0 Å². The van der Waals surface area contributed by atoms with Crippen molar-refractivity contribution < 1.29 is 19.4 Å². The van der Waals surface area contributed by atoms with Crippen LogP contribution in [0.3, 0.4) is 0 Å². The Morgan fingerprint density at radius 3 is 2.40 bits per heavy atom. The Balaban J connectivity index is 1.80. The third kappa shape index (κ3) is 4.30. The summed E-state index contributed by atoms with van der Waals surface area (Å²) in [6, 6.07) is 7.52. The van der Waals surface area contributed by atoms with Gasteiger partial charge in [0.1, 0.15) is 17.6 Å². The summed E-state index contributed by atoms with van der Waals surface area (Å²) >= 11 is 3.31. The van der Waals surface area contributed by atoms with E-state index in [0.29, 0.717) is 19.7 Å². The first-order valence-corrected chi connectivity index (χ1v) is 7.74. The Bertz CT molecular complexity index is 429. The van der Waals surface area contributed by atoms with Gasteiger partial charge in [0.25, 0.3) is 0 Å². The van der Waals surface area contributed by atoms with Crippen LogP contribution in [0.25, 0.3) is 0 Å². The number of rotatable bonds is 5. The predicted molar refractivity (Wildman–Crippen MR) is 79.0 cm³/mol. The molecule has 0 aliphatic carbocycles. The maximum atomic E-state index is 10.8. The van der Waals surface area contributed by atoms with Crippen LogP contribution in [0.4, 0.5) is 4.79 Å². The van der Waals surface area contributed by atoms with Crippen LogP contribution in [0.1, 0.15) is 12.8 Å². The lowest BCUT2D eigenvalue weighted by Crippen LogP contribution is -2.41. The number of hydrogen-bond donors (Lipinski definition) is 1. The van der Waals surface area contributed by atoms with Crippen molar-refractivity contribution in [3.63, 3.8) is 0 Å². The summed E-state index contributed by atoms with van der Waals surface area (Å²) in [7, 11) is 0. The highest BCUT2D eigenvalue weighted by atomic mass is 79.9. The molecule has 0 saturated carbocycles. The molecular weight excluding hydrogens is 326 g/mol. The lowest BCUT2D eigenvalue weighted by atomic mass is 10.1. The molecule has 0 aromatic heterocycles. The first-order valence-electron chi connectivity index (χ1n) is 6.62. The number of carboxylic acid groups (broad SMARTS) is 1. The highest BCUT2D eigenvalue weighted by Crippen LogP contribution is 2.22. The molecule has 0 radical (unpaired) electrons. The smallest absolute Gasteiger partial charge is 0.407 e. The average molecular weight is 344 g/mol. The van der Waals surface area contributed by atoms with Crippen LogP contribution >= 0.6 is 15.9 Å². The second-order valence-electron chi connectivity index (χ2n) is 4.60. The summed E-state index contributed by atoms with van der Waals surface area (Å²) in [5.74, 6) is 1.61. The maximum absolute atomic E-state index is 10.8. The normalized spacial score (nSPS) is 15.9. The fourth-order valence-electron chi connectivity index (χ4n) is 2.13. The van der Waals surface area contributed by atoms with E-state index >= 15 is 0 Å². The Morgan fingerprint density at radius 2 is 1.85 bits per heavy atom. The Labute approximate surface area is 126 Å². The van der Waals surface area contributed by atoms with E-state index in [1.165, 1.54) is 4.90 Å². The van der Waals surface area contributed by atoms with Gasteiger partial charge in [-0.2, -0.15) is 0 Å². The highest BCUT2D eigenvalue weighted by molar-refractivity contribution is 9.09. The number of amides is 1. The molecule has 1 heterocycles. The molecule has 1 amide bonds. The molecule has 0 bridgehead atoms. The number of hydrogen-bond acceptors (Lipinski definition) is 3. The quantitative estimate of drug-likeness (QED) is 0.835. The minimum absolute atomic E-state index is 0.0833. The number of nitrogens with zero attached hydrogens (tertiary/aromatic N) is 1. The molecule has 2 rings (SSSR count). The average Bonchev–Trinajstić information content (AvgIpc) is 2.47. The van der Waals surface area contributed by atoms with E-state index in [-0.39, 0.29) is 6.10 Å². The molecule has 5 nitrogen and oxygen atoms in total. The van der Waals surface area contributed by atoms with Gasteiger partial charge in [-0.25, -0.2) is 4.79 Å². The van der Waals surface area contributed by atoms with E-state index in [0.717, 1.165) is 29.7 Å². The third-order valence-corrected chi connectivity index (χ3v) is 3.51. The van der Waals surface area contributed by atoms with Crippen LogP contribution in [0.2, 0.25) is 0 Å². The first kappa shape index (κ1) is 15.0. The van der Waals surface area contributed by atoms with Crippen molar-refractivity contribution in [2.75, 3.05) is 25.0 Å². The Morgan fingerprint density at radius 1 is 1.25 bits per heavy atom. The van der Waals surface area contributed by atoms with Crippen LogP contribution in [-0.4, -0.2) is 47.2 Å². The summed E-state index contributed by atoms with van der Waals surface area (Å²) in [4.78, 5) is 12.2. The molecule has 1 aliphatic rings. The fraction of sp³-hybridized carbons (Fsp3) is 0.500. The van der Waals surface area contributed by atoms with Crippen LogP contribution in [0.5, 0.6) is 11.5 Å². The van der Waals surface area contributed by atoms with Gasteiger partial charge in [-0.3, -0.25) is 0 Å². The van der Waals surface area contributed by atoms with Crippen molar-refractivity contribution in [3.05, 3.63) is 24.3 Å². The van der Waals surface area contributed by atoms with E-state index in [2.05, 4.69) is 15.9 Å². The summed E-state index contributed by atoms with van der Waals surface area (Å²) in [5, 5.41) is 9.68. The minimum atomic E-state index is -0.850. The minimum Gasteiger partial charge on any atom is -0.493 e. The van der Waals surface area contributed by atoms with Crippen molar-refractivity contribution >= 4 is 22.0 Å². The molecule has 0 unspecified atom stereocenters. The topological polar surface area (TPSA) is 59.0 Å². The molecule has 1 aliphatic heterocycles. The molecule has 1 aromatic rings. The molecule has 20 heavy (non-hydrogen) atoms. The monoisotopic (exact) mass is 343 g/mol. The van der Waals surface area contributed by atoms with E-state index in [1.54, 1.807) is 0 Å². The summed E-state index contributed by atoms with van der Waals surface area (Å²) in [5.41, 5.74) is 0. The molecule has 0 atom stereocenters. The van der Waals surface area contributed by atoms with Crippen LogP contribution in [0, 0.1) is 0 Å². The molecule has 1 aromatic carbocycles. The molecule has 110 valence electrons. The van der Waals surface area contributed by atoms with Crippen molar-refractivity contribution in [2.45, 2.75) is 18.9 Å². The van der Waals surface area contributed by atoms with Gasteiger partial charge in [-0.15, -0.1) is 0 Å². The summed E-state index contributed by atoms with van der Waals surface area (Å²) < 4.78 is 11.3. The second-order valence-corrected chi connectivity index (χ2v) is 5.39. The van der Waals surface area contributed by atoms with Crippen molar-refractivity contribution in [1.82, 2.24) is 4.90 Å². The van der Waals surface area contributed by atoms with Gasteiger partial charge in [-0.1, -0.05) is 15.9 Å². The molecule has 1 saturated heterocycles. The number of likely N-dealkylation sites (tertiary alicyclic amines) is 1. The van der Waals surface area contributed by atoms with Crippen LogP contribution in [0.15, 0.2) is 24.3 Å². The van der Waals surface area contributed by atoms with Gasteiger partial charge in [-0.05, 0) is 24.3 Å². The number of ether oxygens (including phenoxy) is 2. The van der Waals surface area contributed by atoms with Gasteiger partial charge in [0.2, 0.25) is 0 Å². The maximum Gasteiger partial charge on any atom is 0.407 e. The first-order chi connectivity index (χ1) is 9.69. The van der Waals surface area contributed by atoms with Gasteiger partial charge >= 0.3 is 6.09 Å². The lowest BCUT2D eigenvalue weighted by Gasteiger charge is -2.30. The second kappa shape index (κ2) is 7.38. The molecule has 1 fully saturated rings. The largest absolute Gasteiger partial charge is 0.493 e. The van der Waals surface area contributed by atoms with Gasteiger partial charge in [0.05, 0.1) is 6.61 Å². The van der Waals surface area contributed by atoms with Crippen molar-refractivity contribution in [1.29, 1.82) is 0 Å². The van der Waals surface area contributed by atoms with Crippen LogP contribution < -0.4 is 9.47 Å². The number of alkyl halides is 1. The van der Waals surface area contributed by atoms with Gasteiger partial charge in [0.15, 0.2) is 0 Å². The third-order valence-electron chi connectivity index (χ3n) is 3.18. The summed E-state index contributed by atoms with van der Waals surface area (Å²) in [6.45, 7) is 1.70. The zero-order valence-electron chi connectivity index (χ0n) is 11.1. The Hall–Kier alpha value is -1.43. The van der Waals surface area contributed by atoms with Crippen LogP contribution in [-0.2, 0) is 0 Å². The zero-order chi connectivity index (χ0) is 14.4. The summed E-state index contributed by atoms with van der Waals surface area (Å²) in [6.07, 6.45) is 0.694. The van der Waals surface area contributed by atoms with E-state index in [1.807, 2.05) is 24.3 Å². The SMILES string of the molecule is O=C(O)N1CCC(Oc2ccc(OCCBr)cc2)CC1. The van der Waals surface area contributed by atoms with E-state index in [9.17, 15) is 4.79 Å². The number of benzene rings is 1. The van der Waals surface area contributed by atoms with E-state index in [4.69, 9.17) is 14.6 Å². The fourth-order valence-corrected chi connectivity index (χ4v) is 2.29. The molecule has 1 N–H and O–H groups in total. The number of carbonyl (C=O) groups is 1.